The second-order valence-corrected chi connectivity index (χ2v) is 5.52. The van der Waals surface area contributed by atoms with Gasteiger partial charge in [0.2, 0.25) is 0 Å². The fourth-order valence-electron chi connectivity index (χ4n) is 2.38. The lowest BCUT2D eigenvalue weighted by Gasteiger charge is -2.37. The van der Waals surface area contributed by atoms with Gasteiger partial charge in [-0.2, -0.15) is 0 Å². The van der Waals surface area contributed by atoms with Crippen molar-refractivity contribution in [1.29, 1.82) is 0 Å². The predicted molar refractivity (Wildman–Crippen MR) is 78.5 cm³/mol. The third-order valence-corrected chi connectivity index (χ3v) is 3.96. The summed E-state index contributed by atoms with van der Waals surface area (Å²) in [6, 6.07) is 4.18. The zero-order valence-electron chi connectivity index (χ0n) is 11.5. The normalized spacial score (nSPS) is 14.6. The molecule has 114 valence electrons. The molecule has 0 spiro atoms. The molecule has 21 heavy (non-hydrogen) atoms. The van der Waals surface area contributed by atoms with Crippen LogP contribution in [0.1, 0.15) is 36.0 Å². The van der Waals surface area contributed by atoms with Crippen molar-refractivity contribution in [3.05, 3.63) is 38.9 Å². The fraction of sp³-hybridized carbons (Fsp3) is 0.500. The minimum atomic E-state index is -0.593. The molecule has 1 aromatic rings. The first-order valence-corrected chi connectivity index (χ1v) is 7.28. The van der Waals surface area contributed by atoms with Gasteiger partial charge in [0.1, 0.15) is 5.56 Å². The SMILES string of the molecule is O=C(c1ccc(Cl)cc1[N+](=O)[O-])N(CCCO)C1CCC1. The van der Waals surface area contributed by atoms with Crippen molar-refractivity contribution in [1.82, 2.24) is 4.90 Å². The number of benzene rings is 1. The van der Waals surface area contributed by atoms with Crippen LogP contribution in [0.2, 0.25) is 5.02 Å². The average Bonchev–Trinajstić information content (AvgIpc) is 2.40. The molecule has 0 saturated heterocycles. The number of hydrogen-bond donors (Lipinski definition) is 1. The zero-order valence-corrected chi connectivity index (χ0v) is 12.3. The van der Waals surface area contributed by atoms with E-state index in [1.54, 1.807) is 4.90 Å². The van der Waals surface area contributed by atoms with Gasteiger partial charge in [-0.05, 0) is 37.8 Å². The van der Waals surface area contributed by atoms with Crippen LogP contribution in [-0.4, -0.2) is 40.0 Å². The molecule has 1 fully saturated rings. The third-order valence-electron chi connectivity index (χ3n) is 3.72. The van der Waals surface area contributed by atoms with E-state index in [1.807, 2.05) is 0 Å². The van der Waals surface area contributed by atoms with E-state index in [1.165, 1.54) is 18.2 Å². The van der Waals surface area contributed by atoms with Gasteiger partial charge in [-0.1, -0.05) is 11.6 Å². The Kier molecular flexibility index (Phi) is 5.14. The van der Waals surface area contributed by atoms with Gasteiger partial charge in [-0.25, -0.2) is 0 Å². The Balaban J connectivity index is 2.29. The highest BCUT2D eigenvalue weighted by Gasteiger charge is 2.32. The van der Waals surface area contributed by atoms with E-state index < -0.39 is 4.92 Å². The first-order chi connectivity index (χ1) is 10.0. The Morgan fingerprint density at radius 1 is 1.48 bits per heavy atom. The molecule has 1 N–H and O–H groups in total. The summed E-state index contributed by atoms with van der Waals surface area (Å²) in [5, 5.41) is 20.3. The predicted octanol–water partition coefficient (Wildman–Crippen LogP) is 2.63. The van der Waals surface area contributed by atoms with Crippen molar-refractivity contribution in [2.75, 3.05) is 13.2 Å². The van der Waals surface area contributed by atoms with E-state index in [9.17, 15) is 14.9 Å². The molecule has 0 unspecified atom stereocenters. The van der Waals surface area contributed by atoms with Crippen LogP contribution in [0.5, 0.6) is 0 Å². The number of rotatable bonds is 6. The highest BCUT2D eigenvalue weighted by molar-refractivity contribution is 6.31. The van der Waals surface area contributed by atoms with Crippen molar-refractivity contribution in [3.8, 4) is 0 Å². The summed E-state index contributed by atoms with van der Waals surface area (Å²) in [7, 11) is 0. The second kappa shape index (κ2) is 6.87. The second-order valence-electron chi connectivity index (χ2n) is 5.08. The molecule has 2 rings (SSSR count). The summed E-state index contributed by atoms with van der Waals surface area (Å²) in [6.45, 7) is 0.388. The average molecular weight is 313 g/mol. The van der Waals surface area contributed by atoms with Gasteiger partial charge < -0.3 is 10.0 Å². The van der Waals surface area contributed by atoms with Crippen LogP contribution in [0, 0.1) is 10.1 Å². The molecule has 1 amide bonds. The number of hydrogen-bond acceptors (Lipinski definition) is 4. The monoisotopic (exact) mass is 312 g/mol. The Labute approximate surface area is 127 Å². The van der Waals surface area contributed by atoms with Gasteiger partial charge in [0.05, 0.1) is 4.92 Å². The van der Waals surface area contributed by atoms with Gasteiger partial charge in [-0.15, -0.1) is 0 Å². The number of nitrogens with zero attached hydrogens (tertiary/aromatic N) is 2. The molecule has 1 aliphatic carbocycles. The molecule has 0 aromatic heterocycles. The number of carbonyl (C=O) groups is 1. The molecule has 0 radical (unpaired) electrons. The first-order valence-electron chi connectivity index (χ1n) is 6.90. The molecule has 0 heterocycles. The molecular weight excluding hydrogens is 296 g/mol. The van der Waals surface area contributed by atoms with E-state index in [4.69, 9.17) is 16.7 Å². The summed E-state index contributed by atoms with van der Waals surface area (Å²) >= 11 is 5.77. The maximum absolute atomic E-state index is 12.6. The molecule has 1 aromatic carbocycles. The van der Waals surface area contributed by atoms with E-state index >= 15 is 0 Å². The van der Waals surface area contributed by atoms with Crippen LogP contribution in [0.4, 0.5) is 5.69 Å². The lowest BCUT2D eigenvalue weighted by atomic mass is 9.90. The highest BCUT2D eigenvalue weighted by atomic mass is 35.5. The smallest absolute Gasteiger partial charge is 0.283 e. The largest absolute Gasteiger partial charge is 0.396 e. The Bertz CT molecular complexity index is 546. The van der Waals surface area contributed by atoms with E-state index in [0.717, 1.165) is 19.3 Å². The van der Waals surface area contributed by atoms with Crippen LogP contribution >= 0.6 is 11.6 Å². The standard InChI is InChI=1S/C14H17ClN2O4/c15-10-5-6-12(13(9-10)17(20)21)14(19)16(7-2-8-18)11-3-1-4-11/h5-6,9,11,18H,1-4,7-8H2. The quantitative estimate of drug-likeness (QED) is 0.646. The van der Waals surface area contributed by atoms with Gasteiger partial charge in [0, 0.05) is 30.3 Å². The number of amides is 1. The Morgan fingerprint density at radius 3 is 2.71 bits per heavy atom. The van der Waals surface area contributed by atoms with Crippen molar-refractivity contribution in [3.63, 3.8) is 0 Å². The Morgan fingerprint density at radius 2 is 2.19 bits per heavy atom. The van der Waals surface area contributed by atoms with Crippen LogP contribution in [0.25, 0.3) is 0 Å². The van der Waals surface area contributed by atoms with Crippen LogP contribution in [-0.2, 0) is 0 Å². The molecule has 0 atom stereocenters. The van der Waals surface area contributed by atoms with Gasteiger partial charge >= 0.3 is 0 Å². The summed E-state index contributed by atoms with van der Waals surface area (Å²) in [5.74, 6) is -0.364. The minimum Gasteiger partial charge on any atom is -0.396 e. The van der Waals surface area contributed by atoms with E-state index in [-0.39, 0.29) is 34.8 Å². The lowest BCUT2D eigenvalue weighted by Crippen LogP contribution is -2.45. The summed E-state index contributed by atoms with van der Waals surface area (Å²) in [6.07, 6.45) is 3.32. The summed E-state index contributed by atoms with van der Waals surface area (Å²) < 4.78 is 0. The van der Waals surface area contributed by atoms with Crippen molar-refractivity contribution in [2.24, 2.45) is 0 Å². The topological polar surface area (TPSA) is 83.7 Å². The van der Waals surface area contributed by atoms with Gasteiger partial charge in [0.15, 0.2) is 0 Å². The van der Waals surface area contributed by atoms with Gasteiger partial charge in [0.25, 0.3) is 11.6 Å². The molecule has 0 bridgehead atoms. The molecular formula is C14H17ClN2O4. The number of nitro benzene ring substituents is 1. The van der Waals surface area contributed by atoms with Crippen LogP contribution in [0.3, 0.4) is 0 Å². The van der Waals surface area contributed by atoms with Crippen molar-refractivity contribution >= 4 is 23.2 Å². The minimum absolute atomic E-state index is 0.0147. The molecule has 7 heteroatoms. The first kappa shape index (κ1) is 15.7. The zero-order chi connectivity index (χ0) is 15.4. The molecule has 1 saturated carbocycles. The number of carbonyl (C=O) groups excluding carboxylic acids is 1. The van der Waals surface area contributed by atoms with Crippen molar-refractivity contribution < 1.29 is 14.8 Å². The number of halogens is 1. The maximum Gasteiger partial charge on any atom is 0.283 e. The summed E-state index contributed by atoms with van der Waals surface area (Å²) in [5.41, 5.74) is -0.227. The van der Waals surface area contributed by atoms with Crippen LogP contribution < -0.4 is 0 Å². The third kappa shape index (κ3) is 3.51. The van der Waals surface area contributed by atoms with Gasteiger partial charge in [-0.3, -0.25) is 14.9 Å². The number of aliphatic hydroxyl groups excluding tert-OH is 1. The molecule has 1 aliphatic rings. The van der Waals surface area contributed by atoms with E-state index in [2.05, 4.69) is 0 Å². The van der Waals surface area contributed by atoms with Crippen molar-refractivity contribution in [2.45, 2.75) is 31.7 Å². The maximum atomic E-state index is 12.6. The lowest BCUT2D eigenvalue weighted by molar-refractivity contribution is -0.385. The van der Waals surface area contributed by atoms with Crippen LogP contribution in [0.15, 0.2) is 18.2 Å². The number of aliphatic hydroxyl groups is 1. The fourth-order valence-corrected chi connectivity index (χ4v) is 2.55. The van der Waals surface area contributed by atoms with E-state index in [0.29, 0.717) is 13.0 Å². The molecule has 0 aliphatic heterocycles. The Hall–Kier alpha value is -1.66. The summed E-state index contributed by atoms with van der Waals surface area (Å²) in [4.78, 5) is 24.8. The molecule has 6 nitrogen and oxygen atoms in total. The number of nitro groups is 1. The highest BCUT2D eigenvalue weighted by Crippen LogP contribution is 2.30.